The Balaban J connectivity index is 2.86. The first-order chi connectivity index (χ1) is 10.1. The number of aliphatic hydroxyl groups is 1. The number of anilines is 1. The molecular weight excluding hydrogens is 310 g/mol. The molecule has 0 radical (unpaired) electrons. The molecular formula is C15H20ClNO5. The number of carbonyl (C=O) groups excluding carboxylic acids is 2. The zero-order valence-electron chi connectivity index (χ0n) is 13.0. The number of hydrogen-bond acceptors (Lipinski definition) is 5. The topological polar surface area (TPSA) is 84.9 Å². The maximum Gasteiger partial charge on any atom is 0.412 e. The van der Waals surface area contributed by atoms with Crippen LogP contribution in [0.2, 0.25) is 5.02 Å². The van der Waals surface area contributed by atoms with Gasteiger partial charge in [-0.1, -0.05) is 17.7 Å². The molecule has 0 unspecified atom stereocenters. The summed E-state index contributed by atoms with van der Waals surface area (Å²) in [6, 6.07) is 4.57. The van der Waals surface area contributed by atoms with Crippen LogP contribution in [0.1, 0.15) is 38.9 Å². The van der Waals surface area contributed by atoms with Crippen LogP contribution in [0.25, 0.3) is 0 Å². The van der Waals surface area contributed by atoms with Crippen molar-refractivity contribution in [2.24, 2.45) is 0 Å². The van der Waals surface area contributed by atoms with Crippen molar-refractivity contribution in [3.05, 3.63) is 28.8 Å². The average Bonchev–Trinajstić information content (AvgIpc) is 2.38. The van der Waals surface area contributed by atoms with Crippen molar-refractivity contribution in [2.75, 3.05) is 12.4 Å². The lowest BCUT2D eigenvalue weighted by atomic mass is 10.1. The highest BCUT2D eigenvalue weighted by Gasteiger charge is 2.19. The van der Waals surface area contributed by atoms with Crippen LogP contribution in [0.5, 0.6) is 0 Å². The highest BCUT2D eigenvalue weighted by Crippen LogP contribution is 2.28. The van der Waals surface area contributed by atoms with E-state index in [0.717, 1.165) is 0 Å². The maximum absolute atomic E-state index is 11.8. The van der Waals surface area contributed by atoms with Gasteiger partial charge in [-0.2, -0.15) is 0 Å². The summed E-state index contributed by atoms with van der Waals surface area (Å²) in [6.07, 6.45) is -1.90. The fourth-order valence-corrected chi connectivity index (χ4v) is 1.78. The van der Waals surface area contributed by atoms with E-state index in [-0.39, 0.29) is 12.1 Å². The van der Waals surface area contributed by atoms with E-state index in [2.05, 4.69) is 10.1 Å². The minimum atomic E-state index is -1.05. The van der Waals surface area contributed by atoms with Gasteiger partial charge in [-0.15, -0.1) is 0 Å². The Morgan fingerprint density at radius 1 is 1.36 bits per heavy atom. The van der Waals surface area contributed by atoms with Gasteiger partial charge >= 0.3 is 12.1 Å². The van der Waals surface area contributed by atoms with E-state index in [0.29, 0.717) is 10.6 Å². The van der Waals surface area contributed by atoms with Crippen LogP contribution in [0, 0.1) is 0 Å². The molecule has 22 heavy (non-hydrogen) atoms. The monoisotopic (exact) mass is 329 g/mol. The summed E-state index contributed by atoms with van der Waals surface area (Å²) in [7, 11) is 1.24. The highest BCUT2D eigenvalue weighted by atomic mass is 35.5. The van der Waals surface area contributed by atoms with Crippen LogP contribution < -0.4 is 5.32 Å². The fraction of sp³-hybridized carbons (Fsp3) is 0.467. The van der Waals surface area contributed by atoms with Crippen LogP contribution in [0.4, 0.5) is 10.5 Å². The van der Waals surface area contributed by atoms with Crippen molar-refractivity contribution >= 4 is 29.4 Å². The first-order valence-electron chi connectivity index (χ1n) is 6.66. The molecule has 1 rings (SSSR count). The number of halogens is 1. The second-order valence-electron chi connectivity index (χ2n) is 5.66. The Hall–Kier alpha value is -1.79. The highest BCUT2D eigenvalue weighted by molar-refractivity contribution is 6.33. The molecule has 0 fully saturated rings. The number of esters is 1. The Labute approximate surface area is 134 Å². The lowest BCUT2D eigenvalue weighted by Crippen LogP contribution is -2.27. The predicted octanol–water partition coefficient (Wildman–Crippen LogP) is 3.28. The van der Waals surface area contributed by atoms with Gasteiger partial charge in [0.15, 0.2) is 0 Å². The molecule has 0 aliphatic carbocycles. The van der Waals surface area contributed by atoms with Gasteiger partial charge in [-0.3, -0.25) is 10.1 Å². The zero-order valence-corrected chi connectivity index (χ0v) is 13.7. The molecule has 1 atom stereocenters. The molecule has 0 heterocycles. The molecule has 122 valence electrons. The van der Waals surface area contributed by atoms with E-state index in [1.54, 1.807) is 26.8 Å². The summed E-state index contributed by atoms with van der Waals surface area (Å²) in [4.78, 5) is 22.9. The molecule has 0 saturated carbocycles. The summed E-state index contributed by atoms with van der Waals surface area (Å²) in [5.74, 6) is -0.538. The van der Waals surface area contributed by atoms with Crippen molar-refractivity contribution in [2.45, 2.75) is 38.9 Å². The Bertz CT molecular complexity index is 553. The number of rotatable bonds is 4. The van der Waals surface area contributed by atoms with Crippen LogP contribution in [-0.4, -0.2) is 29.9 Å². The summed E-state index contributed by atoms with van der Waals surface area (Å²) in [5, 5.41) is 12.8. The lowest BCUT2D eigenvalue weighted by Gasteiger charge is -2.20. The third kappa shape index (κ3) is 5.91. The normalized spacial score (nSPS) is 12.5. The van der Waals surface area contributed by atoms with Crippen LogP contribution in [-0.2, 0) is 14.3 Å². The Kier molecular flexibility index (Phi) is 6.20. The molecule has 0 bridgehead atoms. The number of ether oxygens (including phenoxy) is 2. The molecule has 1 aromatic rings. The second kappa shape index (κ2) is 7.47. The quantitative estimate of drug-likeness (QED) is 0.828. The summed E-state index contributed by atoms with van der Waals surface area (Å²) in [5.41, 5.74) is 0.0802. The standard InChI is InChI=1S/C15H20ClNO5/c1-15(2,3)22-14(20)17-11-7-9(5-6-10(11)16)12(18)8-13(19)21-4/h5-7,12,18H,8H2,1-4H3,(H,17,20)/t12-/m0/s1. The van der Waals surface area contributed by atoms with Gasteiger partial charge in [0.05, 0.1) is 30.3 Å². The van der Waals surface area contributed by atoms with Crippen LogP contribution in [0.3, 0.4) is 0 Å². The minimum Gasteiger partial charge on any atom is -0.469 e. The second-order valence-corrected chi connectivity index (χ2v) is 6.07. The summed E-state index contributed by atoms with van der Waals surface area (Å²) < 4.78 is 9.63. The van der Waals surface area contributed by atoms with Gasteiger partial charge in [-0.25, -0.2) is 4.79 Å². The van der Waals surface area contributed by atoms with Gasteiger partial charge in [0.1, 0.15) is 5.60 Å². The van der Waals surface area contributed by atoms with E-state index in [1.807, 2.05) is 0 Å². The number of benzene rings is 1. The molecule has 0 aliphatic heterocycles. The molecule has 0 aliphatic rings. The number of nitrogens with one attached hydrogen (secondary N) is 1. The van der Waals surface area contributed by atoms with Gasteiger partial charge in [0, 0.05) is 0 Å². The first kappa shape index (κ1) is 18.3. The molecule has 1 amide bonds. The molecule has 7 heteroatoms. The molecule has 0 saturated heterocycles. The smallest absolute Gasteiger partial charge is 0.412 e. The number of aliphatic hydroxyl groups excluding tert-OH is 1. The van der Waals surface area contributed by atoms with Gasteiger partial charge < -0.3 is 14.6 Å². The van der Waals surface area contributed by atoms with Crippen LogP contribution >= 0.6 is 11.6 Å². The number of hydrogen-bond donors (Lipinski definition) is 2. The SMILES string of the molecule is COC(=O)C[C@H](O)c1ccc(Cl)c(NC(=O)OC(C)(C)C)c1. The van der Waals surface area contributed by atoms with E-state index >= 15 is 0 Å². The molecule has 2 N–H and O–H groups in total. The van der Waals surface area contributed by atoms with Crippen molar-refractivity contribution in [3.8, 4) is 0 Å². The average molecular weight is 330 g/mol. The van der Waals surface area contributed by atoms with E-state index < -0.39 is 23.8 Å². The third-order valence-corrected chi connectivity index (χ3v) is 2.93. The molecule has 6 nitrogen and oxygen atoms in total. The number of amides is 1. The minimum absolute atomic E-state index is 0.190. The number of carbonyl (C=O) groups is 2. The largest absolute Gasteiger partial charge is 0.469 e. The van der Waals surface area contributed by atoms with Gasteiger partial charge in [-0.05, 0) is 38.5 Å². The predicted molar refractivity (Wildman–Crippen MR) is 82.9 cm³/mol. The third-order valence-electron chi connectivity index (χ3n) is 2.60. The molecule has 0 aromatic heterocycles. The maximum atomic E-state index is 11.8. The van der Waals surface area contributed by atoms with Gasteiger partial charge in [0.2, 0.25) is 0 Å². The molecule has 0 spiro atoms. The zero-order chi connectivity index (χ0) is 16.9. The molecule has 1 aromatic carbocycles. The van der Waals surface area contributed by atoms with Crippen molar-refractivity contribution in [1.29, 1.82) is 0 Å². The van der Waals surface area contributed by atoms with Crippen molar-refractivity contribution in [3.63, 3.8) is 0 Å². The van der Waals surface area contributed by atoms with Crippen molar-refractivity contribution < 1.29 is 24.2 Å². The first-order valence-corrected chi connectivity index (χ1v) is 7.04. The number of methoxy groups -OCH3 is 1. The van der Waals surface area contributed by atoms with E-state index in [9.17, 15) is 14.7 Å². The Morgan fingerprint density at radius 3 is 2.55 bits per heavy atom. The fourth-order valence-electron chi connectivity index (χ4n) is 1.62. The van der Waals surface area contributed by atoms with E-state index in [1.165, 1.54) is 19.2 Å². The summed E-state index contributed by atoms with van der Waals surface area (Å²) >= 11 is 6.01. The van der Waals surface area contributed by atoms with E-state index in [4.69, 9.17) is 16.3 Å². The van der Waals surface area contributed by atoms with Crippen LogP contribution in [0.15, 0.2) is 18.2 Å². The van der Waals surface area contributed by atoms with Gasteiger partial charge in [0.25, 0.3) is 0 Å². The summed E-state index contributed by atoms with van der Waals surface area (Å²) in [6.45, 7) is 5.22. The Morgan fingerprint density at radius 2 is 2.00 bits per heavy atom. The lowest BCUT2D eigenvalue weighted by molar-refractivity contribution is -0.142. The van der Waals surface area contributed by atoms with Crippen molar-refractivity contribution in [1.82, 2.24) is 0 Å².